The molecule has 0 aliphatic rings. The number of nitrogens with zero attached hydrogens (tertiary/aromatic N) is 2. The highest BCUT2D eigenvalue weighted by molar-refractivity contribution is 5.64. The Morgan fingerprint density at radius 3 is 2.08 bits per heavy atom. The maximum absolute atomic E-state index is 9.37. The van der Waals surface area contributed by atoms with Crippen molar-refractivity contribution >= 4 is 0 Å². The smallest absolute Gasteiger partial charge is 0.159 e. The first-order chi connectivity index (χ1) is 12.8. The van der Waals surface area contributed by atoms with Gasteiger partial charge in [0.2, 0.25) is 0 Å². The first-order valence-corrected chi connectivity index (χ1v) is 9.11. The number of unbranched alkanes of at least 4 members (excludes halogenated alkanes) is 3. The molecule has 1 heterocycles. The van der Waals surface area contributed by atoms with E-state index in [0.717, 1.165) is 35.5 Å². The second-order valence-corrected chi connectivity index (χ2v) is 6.28. The molecule has 0 saturated heterocycles. The number of phenolic OH excluding ortho intramolecular Hbond substituents is 1. The molecule has 0 aliphatic carbocycles. The Morgan fingerprint density at radius 2 is 1.42 bits per heavy atom. The van der Waals surface area contributed by atoms with Gasteiger partial charge in [-0.05, 0) is 48.4 Å². The van der Waals surface area contributed by atoms with Crippen LogP contribution in [0, 0.1) is 0 Å². The Morgan fingerprint density at radius 1 is 0.769 bits per heavy atom. The largest absolute Gasteiger partial charge is 0.508 e. The summed E-state index contributed by atoms with van der Waals surface area (Å²) in [7, 11) is 0. The van der Waals surface area contributed by atoms with Crippen LogP contribution in [0.5, 0.6) is 11.5 Å². The maximum atomic E-state index is 9.37. The van der Waals surface area contributed by atoms with Crippen LogP contribution < -0.4 is 4.74 Å². The van der Waals surface area contributed by atoms with Crippen molar-refractivity contribution in [1.82, 2.24) is 9.97 Å². The summed E-state index contributed by atoms with van der Waals surface area (Å²) in [5, 5.41) is 9.37. The van der Waals surface area contributed by atoms with Gasteiger partial charge in [-0.25, -0.2) is 9.97 Å². The highest BCUT2D eigenvalue weighted by Gasteiger charge is 2.04. The summed E-state index contributed by atoms with van der Waals surface area (Å²) in [6.07, 6.45) is 8.41. The van der Waals surface area contributed by atoms with Crippen LogP contribution in [0.15, 0.2) is 60.9 Å². The molecule has 2 aromatic carbocycles. The van der Waals surface area contributed by atoms with E-state index < -0.39 is 0 Å². The summed E-state index contributed by atoms with van der Waals surface area (Å²) in [5.74, 6) is 1.81. The third kappa shape index (κ3) is 4.82. The zero-order valence-electron chi connectivity index (χ0n) is 15.1. The zero-order valence-corrected chi connectivity index (χ0v) is 15.1. The molecule has 0 fully saturated rings. The lowest BCUT2D eigenvalue weighted by Crippen LogP contribution is -1.97. The van der Waals surface area contributed by atoms with Gasteiger partial charge in [-0.1, -0.05) is 38.3 Å². The molecule has 0 amide bonds. The fourth-order valence-corrected chi connectivity index (χ4v) is 2.70. The summed E-state index contributed by atoms with van der Waals surface area (Å²) < 4.78 is 5.77. The molecular formula is C22H24N2O2. The van der Waals surface area contributed by atoms with Crippen molar-refractivity contribution in [3.05, 3.63) is 60.9 Å². The van der Waals surface area contributed by atoms with Crippen LogP contribution in [0.25, 0.3) is 22.5 Å². The van der Waals surface area contributed by atoms with Gasteiger partial charge in [0.05, 0.1) is 6.61 Å². The van der Waals surface area contributed by atoms with Crippen LogP contribution in [-0.4, -0.2) is 21.7 Å². The van der Waals surface area contributed by atoms with Gasteiger partial charge < -0.3 is 9.84 Å². The summed E-state index contributed by atoms with van der Waals surface area (Å²) in [6.45, 7) is 2.97. The van der Waals surface area contributed by atoms with Crippen LogP contribution >= 0.6 is 0 Å². The van der Waals surface area contributed by atoms with E-state index in [4.69, 9.17) is 4.74 Å². The molecule has 0 atom stereocenters. The lowest BCUT2D eigenvalue weighted by Gasteiger charge is -2.07. The Balaban J connectivity index is 1.61. The van der Waals surface area contributed by atoms with E-state index in [1.807, 2.05) is 36.4 Å². The molecular weight excluding hydrogens is 324 g/mol. The van der Waals surface area contributed by atoms with E-state index in [9.17, 15) is 5.11 Å². The molecule has 1 aromatic heterocycles. The van der Waals surface area contributed by atoms with Crippen LogP contribution in [0.3, 0.4) is 0 Å². The van der Waals surface area contributed by atoms with Gasteiger partial charge in [-0.3, -0.25) is 0 Å². The quantitative estimate of drug-likeness (QED) is 0.548. The molecule has 3 rings (SSSR count). The number of hydrogen-bond donors (Lipinski definition) is 1. The predicted octanol–water partition coefficient (Wildman–Crippen LogP) is 5.48. The Hall–Kier alpha value is -2.88. The SMILES string of the molecule is CCCCCCOc1ccc(-c2ncc(-c3ccc(O)cc3)cn2)cc1. The van der Waals surface area contributed by atoms with Crippen molar-refractivity contribution < 1.29 is 9.84 Å². The lowest BCUT2D eigenvalue weighted by molar-refractivity contribution is 0.305. The second kappa shape index (κ2) is 8.99. The topological polar surface area (TPSA) is 55.2 Å². The highest BCUT2D eigenvalue weighted by Crippen LogP contribution is 2.23. The van der Waals surface area contributed by atoms with Gasteiger partial charge in [0.1, 0.15) is 11.5 Å². The summed E-state index contributed by atoms with van der Waals surface area (Å²) in [5.41, 5.74) is 2.85. The van der Waals surface area contributed by atoms with Gasteiger partial charge in [-0.2, -0.15) is 0 Å². The van der Waals surface area contributed by atoms with Crippen molar-refractivity contribution in [2.75, 3.05) is 6.61 Å². The van der Waals surface area contributed by atoms with Gasteiger partial charge >= 0.3 is 0 Å². The third-order valence-electron chi connectivity index (χ3n) is 4.23. The van der Waals surface area contributed by atoms with E-state index in [0.29, 0.717) is 5.82 Å². The Labute approximate surface area is 154 Å². The van der Waals surface area contributed by atoms with Gasteiger partial charge in [-0.15, -0.1) is 0 Å². The highest BCUT2D eigenvalue weighted by atomic mass is 16.5. The number of rotatable bonds is 8. The summed E-state index contributed by atoms with van der Waals surface area (Å²) >= 11 is 0. The van der Waals surface area contributed by atoms with Gasteiger partial charge in [0.15, 0.2) is 5.82 Å². The minimum Gasteiger partial charge on any atom is -0.508 e. The minimum absolute atomic E-state index is 0.249. The molecule has 26 heavy (non-hydrogen) atoms. The molecule has 0 radical (unpaired) electrons. The van der Waals surface area contributed by atoms with Gasteiger partial charge in [0, 0.05) is 23.5 Å². The van der Waals surface area contributed by atoms with Crippen molar-refractivity contribution in [2.45, 2.75) is 32.6 Å². The number of hydrogen-bond acceptors (Lipinski definition) is 4. The van der Waals surface area contributed by atoms with E-state index in [2.05, 4.69) is 16.9 Å². The lowest BCUT2D eigenvalue weighted by atomic mass is 10.1. The van der Waals surface area contributed by atoms with Crippen LogP contribution in [0.2, 0.25) is 0 Å². The minimum atomic E-state index is 0.249. The maximum Gasteiger partial charge on any atom is 0.159 e. The summed E-state index contributed by atoms with van der Waals surface area (Å²) in [4.78, 5) is 8.92. The number of aromatic hydroxyl groups is 1. The van der Waals surface area contributed by atoms with E-state index >= 15 is 0 Å². The third-order valence-corrected chi connectivity index (χ3v) is 4.23. The number of benzene rings is 2. The molecule has 0 aliphatic heterocycles. The average Bonchev–Trinajstić information content (AvgIpc) is 2.69. The first-order valence-electron chi connectivity index (χ1n) is 9.11. The molecule has 3 aromatic rings. The standard InChI is InChI=1S/C22H24N2O2/c1-2-3-4-5-14-26-21-12-8-18(9-13-21)22-23-15-19(16-24-22)17-6-10-20(25)11-7-17/h6-13,15-16,25H,2-5,14H2,1H3. The molecule has 0 unspecified atom stereocenters. The van der Waals surface area contributed by atoms with Gasteiger partial charge in [0.25, 0.3) is 0 Å². The van der Waals surface area contributed by atoms with Crippen molar-refractivity contribution in [3.63, 3.8) is 0 Å². The number of phenols is 1. The second-order valence-electron chi connectivity index (χ2n) is 6.28. The average molecular weight is 348 g/mol. The van der Waals surface area contributed by atoms with E-state index in [-0.39, 0.29) is 5.75 Å². The monoisotopic (exact) mass is 348 g/mol. The number of ether oxygens (including phenoxy) is 1. The number of aromatic nitrogens is 2. The Bertz CT molecular complexity index is 797. The molecule has 134 valence electrons. The van der Waals surface area contributed by atoms with E-state index in [1.54, 1.807) is 24.5 Å². The zero-order chi connectivity index (χ0) is 18.2. The molecule has 4 nitrogen and oxygen atoms in total. The molecule has 1 N–H and O–H groups in total. The predicted molar refractivity (Wildman–Crippen MR) is 104 cm³/mol. The summed E-state index contributed by atoms with van der Waals surface area (Å²) in [6, 6.07) is 14.9. The van der Waals surface area contributed by atoms with Crippen LogP contribution in [0.4, 0.5) is 0 Å². The van der Waals surface area contributed by atoms with Crippen LogP contribution in [0.1, 0.15) is 32.6 Å². The van der Waals surface area contributed by atoms with Crippen molar-refractivity contribution in [1.29, 1.82) is 0 Å². The molecule has 0 spiro atoms. The van der Waals surface area contributed by atoms with Crippen LogP contribution in [-0.2, 0) is 0 Å². The molecule has 0 saturated carbocycles. The first kappa shape index (κ1) is 17.9. The Kier molecular flexibility index (Phi) is 6.20. The van der Waals surface area contributed by atoms with E-state index in [1.165, 1.54) is 19.3 Å². The molecule has 0 bridgehead atoms. The van der Waals surface area contributed by atoms with Crippen molar-refractivity contribution in [3.8, 4) is 34.0 Å². The van der Waals surface area contributed by atoms with Crippen molar-refractivity contribution in [2.24, 2.45) is 0 Å². The normalized spacial score (nSPS) is 10.7. The molecule has 4 heteroatoms. The fourth-order valence-electron chi connectivity index (χ4n) is 2.70. The fraction of sp³-hybridized carbons (Fsp3) is 0.273.